The Balaban J connectivity index is 0.00000147. The zero-order valence-electron chi connectivity index (χ0n) is 11.5. The van der Waals surface area contributed by atoms with Gasteiger partial charge in [-0.05, 0) is 43.4 Å². The summed E-state index contributed by atoms with van der Waals surface area (Å²) in [5.74, 6) is 0.882. The number of aromatic nitrogens is 1. The SMILES string of the molecule is Br.COc1ccc(Cn2c3c(sc2=N)CCCC3)cc1. The summed E-state index contributed by atoms with van der Waals surface area (Å²) in [4.78, 5) is 2.10. The molecule has 5 heteroatoms. The van der Waals surface area contributed by atoms with Crippen molar-refractivity contribution in [1.82, 2.24) is 4.57 Å². The minimum atomic E-state index is 0. The standard InChI is InChI=1S/C15H18N2OS.BrH/c1-18-12-8-6-11(7-9-12)10-17-13-4-2-3-5-14(13)19-15(17)16;/h6-9,16H,2-5,10H2,1H3;1H. The molecule has 0 bridgehead atoms. The van der Waals surface area contributed by atoms with Gasteiger partial charge in [0, 0.05) is 10.6 Å². The first-order chi connectivity index (χ1) is 9.28. The van der Waals surface area contributed by atoms with E-state index in [-0.39, 0.29) is 17.0 Å². The van der Waals surface area contributed by atoms with Gasteiger partial charge in [0.05, 0.1) is 13.7 Å². The van der Waals surface area contributed by atoms with Gasteiger partial charge in [-0.3, -0.25) is 5.41 Å². The van der Waals surface area contributed by atoms with Crippen LogP contribution in [0.5, 0.6) is 5.75 Å². The molecular weight excluding hydrogens is 336 g/mol. The molecule has 0 amide bonds. The number of hydrogen-bond donors (Lipinski definition) is 1. The molecule has 1 N–H and O–H groups in total. The van der Waals surface area contributed by atoms with Crippen LogP contribution in [0.25, 0.3) is 0 Å². The Kier molecular flexibility index (Phi) is 5.05. The Bertz CT molecular complexity index is 630. The molecule has 0 saturated carbocycles. The van der Waals surface area contributed by atoms with E-state index in [1.807, 2.05) is 12.1 Å². The van der Waals surface area contributed by atoms with Gasteiger partial charge in [-0.1, -0.05) is 12.1 Å². The highest BCUT2D eigenvalue weighted by atomic mass is 79.9. The molecule has 1 aromatic heterocycles. The zero-order valence-corrected chi connectivity index (χ0v) is 14.0. The minimum Gasteiger partial charge on any atom is -0.497 e. The fourth-order valence-electron chi connectivity index (χ4n) is 2.63. The van der Waals surface area contributed by atoms with Gasteiger partial charge in [0.25, 0.3) is 0 Å². The molecule has 0 unspecified atom stereocenters. The third kappa shape index (κ3) is 2.99. The van der Waals surface area contributed by atoms with E-state index in [1.54, 1.807) is 18.4 Å². The number of rotatable bonds is 3. The van der Waals surface area contributed by atoms with Crippen molar-refractivity contribution in [2.24, 2.45) is 0 Å². The molecular formula is C15H19BrN2OS. The van der Waals surface area contributed by atoms with Gasteiger partial charge in [-0.2, -0.15) is 0 Å². The molecule has 1 aliphatic rings. The molecule has 0 saturated heterocycles. The summed E-state index contributed by atoms with van der Waals surface area (Å²) in [7, 11) is 1.68. The van der Waals surface area contributed by atoms with E-state index in [0.717, 1.165) is 25.1 Å². The predicted molar refractivity (Wildman–Crippen MR) is 87.2 cm³/mol. The van der Waals surface area contributed by atoms with Crippen LogP contribution in [0.2, 0.25) is 0 Å². The molecule has 0 aliphatic heterocycles. The molecule has 0 radical (unpaired) electrons. The molecule has 108 valence electrons. The Morgan fingerprint density at radius 3 is 2.60 bits per heavy atom. The largest absolute Gasteiger partial charge is 0.497 e. The van der Waals surface area contributed by atoms with Crippen molar-refractivity contribution in [2.45, 2.75) is 32.2 Å². The first-order valence-corrected chi connectivity index (χ1v) is 7.48. The summed E-state index contributed by atoms with van der Waals surface area (Å²) in [5.41, 5.74) is 2.61. The molecule has 3 rings (SSSR count). The van der Waals surface area contributed by atoms with Crippen LogP contribution in [0.4, 0.5) is 0 Å². The van der Waals surface area contributed by atoms with Crippen molar-refractivity contribution in [2.75, 3.05) is 7.11 Å². The fraction of sp³-hybridized carbons (Fsp3) is 0.400. The maximum absolute atomic E-state index is 8.15. The van der Waals surface area contributed by atoms with Gasteiger partial charge in [0.2, 0.25) is 0 Å². The Morgan fingerprint density at radius 1 is 1.20 bits per heavy atom. The molecule has 20 heavy (non-hydrogen) atoms. The first-order valence-electron chi connectivity index (χ1n) is 6.67. The summed E-state index contributed by atoms with van der Waals surface area (Å²) < 4.78 is 7.34. The number of methoxy groups -OCH3 is 1. The van der Waals surface area contributed by atoms with Crippen LogP contribution in [0, 0.1) is 5.41 Å². The molecule has 3 nitrogen and oxygen atoms in total. The maximum Gasteiger partial charge on any atom is 0.182 e. The van der Waals surface area contributed by atoms with Crippen molar-refractivity contribution >= 4 is 28.3 Å². The lowest BCUT2D eigenvalue weighted by molar-refractivity contribution is 0.414. The topological polar surface area (TPSA) is 38.0 Å². The van der Waals surface area contributed by atoms with Crippen LogP contribution in [-0.4, -0.2) is 11.7 Å². The van der Waals surface area contributed by atoms with Crippen LogP contribution in [0.3, 0.4) is 0 Å². The number of nitrogens with zero attached hydrogens (tertiary/aromatic N) is 1. The van der Waals surface area contributed by atoms with Crippen LogP contribution >= 0.6 is 28.3 Å². The van der Waals surface area contributed by atoms with Crippen molar-refractivity contribution in [1.29, 1.82) is 5.41 Å². The summed E-state index contributed by atoms with van der Waals surface area (Å²) in [6, 6.07) is 8.13. The third-order valence-corrected chi connectivity index (χ3v) is 4.78. The maximum atomic E-state index is 8.15. The van der Waals surface area contributed by atoms with Gasteiger partial charge < -0.3 is 9.30 Å². The molecule has 0 spiro atoms. The second-order valence-corrected chi connectivity index (χ2v) is 6.00. The van der Waals surface area contributed by atoms with E-state index in [1.165, 1.54) is 29.0 Å². The molecule has 2 aromatic rings. The molecule has 1 aliphatic carbocycles. The van der Waals surface area contributed by atoms with Crippen molar-refractivity contribution in [3.8, 4) is 5.75 Å². The Labute approximate surface area is 133 Å². The summed E-state index contributed by atoms with van der Waals surface area (Å²) in [5, 5.41) is 8.15. The van der Waals surface area contributed by atoms with E-state index < -0.39 is 0 Å². The smallest absolute Gasteiger partial charge is 0.182 e. The highest BCUT2D eigenvalue weighted by molar-refractivity contribution is 8.93. The van der Waals surface area contributed by atoms with Crippen LogP contribution in [-0.2, 0) is 19.4 Å². The minimum absolute atomic E-state index is 0. The second-order valence-electron chi connectivity index (χ2n) is 4.92. The van der Waals surface area contributed by atoms with E-state index in [9.17, 15) is 0 Å². The number of hydrogen-bond acceptors (Lipinski definition) is 3. The normalized spacial score (nSPS) is 13.4. The molecule has 1 heterocycles. The zero-order chi connectivity index (χ0) is 13.2. The van der Waals surface area contributed by atoms with Crippen molar-refractivity contribution in [3.63, 3.8) is 0 Å². The monoisotopic (exact) mass is 354 g/mol. The summed E-state index contributed by atoms with van der Waals surface area (Å²) in [6.45, 7) is 0.800. The van der Waals surface area contributed by atoms with Gasteiger partial charge in [0.15, 0.2) is 4.80 Å². The van der Waals surface area contributed by atoms with Gasteiger partial charge in [-0.15, -0.1) is 28.3 Å². The third-order valence-electron chi connectivity index (χ3n) is 3.68. The summed E-state index contributed by atoms with van der Waals surface area (Å²) >= 11 is 1.65. The number of fused-ring (bicyclic) bond motifs is 1. The number of thiazole rings is 1. The average molecular weight is 355 g/mol. The highest BCUT2D eigenvalue weighted by Gasteiger charge is 2.16. The van der Waals surface area contributed by atoms with Gasteiger partial charge in [0.1, 0.15) is 5.75 Å². The van der Waals surface area contributed by atoms with Gasteiger partial charge >= 0.3 is 0 Å². The Hall–Kier alpha value is -1.07. The van der Waals surface area contributed by atoms with Crippen molar-refractivity contribution < 1.29 is 4.74 Å². The van der Waals surface area contributed by atoms with Crippen LogP contribution < -0.4 is 9.54 Å². The number of halogens is 1. The van der Waals surface area contributed by atoms with E-state index >= 15 is 0 Å². The van der Waals surface area contributed by atoms with Crippen LogP contribution in [0.1, 0.15) is 29.0 Å². The molecule has 0 atom stereocenters. The van der Waals surface area contributed by atoms with E-state index in [0.29, 0.717) is 4.80 Å². The lowest BCUT2D eigenvalue weighted by Crippen LogP contribution is -2.18. The molecule has 1 aromatic carbocycles. The van der Waals surface area contributed by atoms with Crippen molar-refractivity contribution in [3.05, 3.63) is 45.2 Å². The molecule has 0 fully saturated rings. The number of aryl methyl sites for hydroxylation is 1. The lowest BCUT2D eigenvalue weighted by Gasteiger charge is -2.14. The predicted octanol–water partition coefficient (Wildman–Crippen LogP) is 3.54. The lowest BCUT2D eigenvalue weighted by atomic mass is 10.0. The number of benzene rings is 1. The van der Waals surface area contributed by atoms with Gasteiger partial charge in [-0.25, -0.2) is 0 Å². The van der Waals surface area contributed by atoms with E-state index in [2.05, 4.69) is 16.7 Å². The quantitative estimate of drug-likeness (QED) is 0.899. The number of ether oxygens (including phenoxy) is 1. The van der Waals surface area contributed by atoms with Crippen LogP contribution in [0.15, 0.2) is 24.3 Å². The van der Waals surface area contributed by atoms with E-state index in [4.69, 9.17) is 10.1 Å². The fourth-order valence-corrected chi connectivity index (χ4v) is 3.73. The number of nitrogens with one attached hydrogen (secondary N) is 1. The average Bonchev–Trinajstić information content (AvgIpc) is 2.76. The highest BCUT2D eigenvalue weighted by Crippen LogP contribution is 2.24. The Morgan fingerprint density at radius 2 is 1.90 bits per heavy atom. The second kappa shape index (κ2) is 6.59. The summed E-state index contributed by atoms with van der Waals surface area (Å²) in [6.07, 6.45) is 4.81. The first kappa shape index (κ1) is 15.3.